The molecule has 5 rings (SSSR count). The average Bonchev–Trinajstić information content (AvgIpc) is 2.58. The molecule has 0 radical (unpaired) electrons. The predicted molar refractivity (Wildman–Crippen MR) is 92.8 cm³/mol. The summed E-state index contributed by atoms with van der Waals surface area (Å²) in [6.45, 7) is -0.339. The molecule has 4 atom stereocenters. The van der Waals surface area contributed by atoms with E-state index in [4.69, 9.17) is 10.00 Å². The fourth-order valence-electron chi connectivity index (χ4n) is 5.56. The van der Waals surface area contributed by atoms with E-state index in [2.05, 4.69) is 5.32 Å². The monoisotopic (exact) mass is 354 g/mol. The zero-order valence-corrected chi connectivity index (χ0v) is 14.5. The van der Waals surface area contributed by atoms with Crippen LogP contribution < -0.4 is 5.32 Å². The summed E-state index contributed by atoms with van der Waals surface area (Å²) in [6, 6.07) is 8.49. The van der Waals surface area contributed by atoms with Crippen molar-refractivity contribution in [2.24, 2.45) is 17.3 Å². The van der Waals surface area contributed by atoms with Gasteiger partial charge in [0.25, 0.3) is 5.91 Å². The van der Waals surface area contributed by atoms with E-state index in [1.807, 2.05) is 6.07 Å². The van der Waals surface area contributed by atoms with Crippen LogP contribution in [0.25, 0.3) is 0 Å². The number of hydrogen-bond acceptors (Lipinski definition) is 5. The quantitative estimate of drug-likeness (QED) is 0.809. The van der Waals surface area contributed by atoms with E-state index in [1.165, 1.54) is 0 Å². The number of ether oxygens (including phenoxy) is 1. The summed E-state index contributed by atoms with van der Waals surface area (Å²) in [4.78, 5) is 24.8. The van der Waals surface area contributed by atoms with E-state index >= 15 is 0 Å². The van der Waals surface area contributed by atoms with Crippen LogP contribution in [0.1, 0.15) is 44.1 Å². The number of benzene rings is 1. The summed E-state index contributed by atoms with van der Waals surface area (Å²) < 4.78 is 5.34. The third-order valence-corrected chi connectivity index (χ3v) is 6.10. The van der Waals surface area contributed by atoms with Gasteiger partial charge in [0.05, 0.1) is 22.6 Å². The standard InChI is InChI=1S/C20H22N2O4/c21-10-13-1-3-16(4-2-13)22-17(23)11-26-18(24)19-6-14-5-15(7-19)9-20(25,8-14)12-19/h1-4,14-15,25H,5-9,11-12H2,(H,22,23)/t14-,15+,19?,20?. The highest BCUT2D eigenvalue weighted by atomic mass is 16.5. The predicted octanol–water partition coefficient (Wildman–Crippen LogP) is 2.37. The normalized spacial score (nSPS) is 34.2. The van der Waals surface area contributed by atoms with Crippen LogP contribution >= 0.6 is 0 Å². The number of anilines is 1. The van der Waals surface area contributed by atoms with Crippen LogP contribution in [0.4, 0.5) is 5.69 Å². The molecule has 0 aromatic heterocycles. The lowest BCUT2D eigenvalue weighted by atomic mass is 9.48. The molecule has 4 aliphatic carbocycles. The minimum atomic E-state index is -0.728. The Labute approximate surface area is 152 Å². The molecule has 26 heavy (non-hydrogen) atoms. The molecule has 0 spiro atoms. The number of hydrogen-bond donors (Lipinski definition) is 2. The van der Waals surface area contributed by atoms with Crippen LogP contribution in [-0.4, -0.2) is 29.2 Å². The van der Waals surface area contributed by atoms with Gasteiger partial charge in [-0.15, -0.1) is 0 Å². The van der Waals surface area contributed by atoms with Crippen molar-refractivity contribution in [2.45, 2.75) is 44.1 Å². The van der Waals surface area contributed by atoms with E-state index in [9.17, 15) is 14.7 Å². The molecule has 136 valence electrons. The van der Waals surface area contributed by atoms with Crippen LogP contribution in [0.2, 0.25) is 0 Å². The average molecular weight is 354 g/mol. The van der Waals surface area contributed by atoms with Crippen LogP contribution in [0.15, 0.2) is 24.3 Å². The second-order valence-corrected chi connectivity index (χ2v) is 8.28. The van der Waals surface area contributed by atoms with Crippen LogP contribution in [0.3, 0.4) is 0 Å². The number of nitrogens with zero attached hydrogens (tertiary/aromatic N) is 1. The van der Waals surface area contributed by atoms with Gasteiger partial charge in [0.1, 0.15) is 0 Å². The Hall–Kier alpha value is -2.39. The van der Waals surface area contributed by atoms with Gasteiger partial charge in [-0.2, -0.15) is 5.26 Å². The lowest BCUT2D eigenvalue weighted by molar-refractivity contribution is -0.196. The number of nitriles is 1. The number of aliphatic hydroxyl groups is 1. The van der Waals surface area contributed by atoms with E-state index in [-0.39, 0.29) is 12.6 Å². The second-order valence-electron chi connectivity index (χ2n) is 8.28. The summed E-state index contributed by atoms with van der Waals surface area (Å²) in [5, 5.41) is 22.2. The van der Waals surface area contributed by atoms with Gasteiger partial charge in [0.2, 0.25) is 0 Å². The Kier molecular flexibility index (Phi) is 4.00. The van der Waals surface area contributed by atoms with Gasteiger partial charge >= 0.3 is 5.97 Å². The minimum Gasteiger partial charge on any atom is -0.455 e. The molecule has 0 heterocycles. The number of esters is 1. The van der Waals surface area contributed by atoms with Crippen molar-refractivity contribution in [3.63, 3.8) is 0 Å². The van der Waals surface area contributed by atoms with Crippen molar-refractivity contribution in [1.29, 1.82) is 5.26 Å². The third-order valence-electron chi connectivity index (χ3n) is 6.10. The number of amides is 1. The first-order valence-electron chi connectivity index (χ1n) is 9.09. The molecule has 4 aliphatic rings. The van der Waals surface area contributed by atoms with Gasteiger partial charge in [0, 0.05) is 5.69 Å². The van der Waals surface area contributed by atoms with Gasteiger partial charge in [-0.05, 0) is 74.6 Å². The highest BCUT2D eigenvalue weighted by molar-refractivity contribution is 5.93. The maximum absolute atomic E-state index is 12.7. The highest BCUT2D eigenvalue weighted by Crippen LogP contribution is 2.61. The van der Waals surface area contributed by atoms with Crippen molar-refractivity contribution in [3.05, 3.63) is 29.8 Å². The lowest BCUT2D eigenvalue weighted by Gasteiger charge is -2.58. The van der Waals surface area contributed by atoms with E-state index < -0.39 is 16.9 Å². The molecular weight excluding hydrogens is 332 g/mol. The number of rotatable bonds is 4. The molecule has 0 aliphatic heterocycles. The van der Waals surface area contributed by atoms with E-state index in [0.717, 1.165) is 32.1 Å². The number of carbonyl (C=O) groups excluding carboxylic acids is 2. The maximum Gasteiger partial charge on any atom is 0.312 e. The van der Waals surface area contributed by atoms with Gasteiger partial charge in [0.15, 0.2) is 6.61 Å². The van der Waals surface area contributed by atoms with Crippen molar-refractivity contribution in [1.82, 2.24) is 0 Å². The van der Waals surface area contributed by atoms with Gasteiger partial charge < -0.3 is 15.2 Å². The highest BCUT2D eigenvalue weighted by Gasteiger charge is 2.60. The van der Waals surface area contributed by atoms with Crippen molar-refractivity contribution in [3.8, 4) is 6.07 Å². The van der Waals surface area contributed by atoms with Crippen LogP contribution in [-0.2, 0) is 14.3 Å². The molecule has 4 saturated carbocycles. The first-order valence-corrected chi connectivity index (χ1v) is 9.09. The first-order chi connectivity index (χ1) is 12.4. The lowest BCUT2D eigenvalue weighted by Crippen LogP contribution is -2.58. The van der Waals surface area contributed by atoms with Crippen molar-refractivity contribution < 1.29 is 19.4 Å². The fourth-order valence-corrected chi connectivity index (χ4v) is 5.56. The molecule has 4 fully saturated rings. The molecule has 4 bridgehead atoms. The van der Waals surface area contributed by atoms with Crippen molar-refractivity contribution in [2.75, 3.05) is 11.9 Å². The van der Waals surface area contributed by atoms with Crippen LogP contribution in [0, 0.1) is 28.6 Å². The Morgan fingerprint density at radius 2 is 1.85 bits per heavy atom. The summed E-state index contributed by atoms with van der Waals surface area (Å²) in [5.41, 5.74) is -0.287. The summed E-state index contributed by atoms with van der Waals surface area (Å²) >= 11 is 0. The Morgan fingerprint density at radius 3 is 2.42 bits per heavy atom. The zero-order valence-electron chi connectivity index (χ0n) is 14.5. The Balaban J connectivity index is 1.35. The Bertz CT molecular complexity index is 766. The van der Waals surface area contributed by atoms with Crippen LogP contribution in [0.5, 0.6) is 0 Å². The molecule has 6 heteroatoms. The van der Waals surface area contributed by atoms with Gasteiger partial charge in [-0.1, -0.05) is 0 Å². The third kappa shape index (κ3) is 3.08. The summed E-state index contributed by atoms with van der Waals surface area (Å²) in [5.74, 6) is 0.0223. The van der Waals surface area contributed by atoms with Gasteiger partial charge in [-0.25, -0.2) is 0 Å². The van der Waals surface area contributed by atoms with Gasteiger partial charge in [-0.3, -0.25) is 9.59 Å². The van der Waals surface area contributed by atoms with E-state index in [0.29, 0.717) is 29.5 Å². The second kappa shape index (κ2) is 6.10. The van der Waals surface area contributed by atoms with E-state index in [1.54, 1.807) is 24.3 Å². The number of nitrogens with one attached hydrogen (secondary N) is 1. The largest absolute Gasteiger partial charge is 0.455 e. The topological polar surface area (TPSA) is 99.4 Å². The summed E-state index contributed by atoms with van der Waals surface area (Å²) in [7, 11) is 0. The zero-order chi connectivity index (χ0) is 18.4. The SMILES string of the molecule is N#Cc1ccc(NC(=O)COC(=O)C23C[C@@H]4C[C@@H](CC(O)(C4)C2)C3)cc1. The molecule has 6 nitrogen and oxygen atoms in total. The maximum atomic E-state index is 12.7. The molecule has 2 unspecified atom stereocenters. The molecule has 1 amide bonds. The molecule has 1 aromatic carbocycles. The summed E-state index contributed by atoms with van der Waals surface area (Å²) in [6.07, 6.45) is 4.67. The Morgan fingerprint density at radius 1 is 1.19 bits per heavy atom. The minimum absolute atomic E-state index is 0.339. The van der Waals surface area contributed by atoms with Crippen molar-refractivity contribution >= 4 is 17.6 Å². The molecule has 0 saturated heterocycles. The smallest absolute Gasteiger partial charge is 0.312 e. The fraction of sp³-hybridized carbons (Fsp3) is 0.550. The molecule has 1 aromatic rings. The first kappa shape index (κ1) is 17.0. The molecule has 2 N–H and O–H groups in total. The molecular formula is C20H22N2O4. The number of carbonyl (C=O) groups is 2.